The third-order valence-electron chi connectivity index (χ3n) is 3.48. The maximum atomic E-state index is 10.2. The fourth-order valence-electron chi connectivity index (χ4n) is 1.95. The molecule has 1 heterocycles. The Morgan fingerprint density at radius 3 is 2.67 bits per heavy atom. The molecule has 1 saturated heterocycles. The van der Waals surface area contributed by atoms with E-state index >= 15 is 0 Å². The average molecular weight is 217 g/mol. The van der Waals surface area contributed by atoms with Crippen LogP contribution in [0.4, 0.5) is 0 Å². The Bertz CT molecular complexity index is 200. The predicted molar refractivity (Wildman–Crippen MR) is 58.6 cm³/mol. The first-order chi connectivity index (χ1) is 6.96. The summed E-state index contributed by atoms with van der Waals surface area (Å²) in [6.45, 7) is 5.66. The SMILES string of the molecule is COC(C)(C)CC(O)C1(CN)CCOC1. The zero-order chi connectivity index (χ0) is 11.5. The van der Waals surface area contributed by atoms with E-state index in [1.54, 1.807) is 7.11 Å². The van der Waals surface area contributed by atoms with Crippen molar-refractivity contribution < 1.29 is 14.6 Å². The van der Waals surface area contributed by atoms with Crippen LogP contribution in [0, 0.1) is 5.41 Å². The van der Waals surface area contributed by atoms with Gasteiger partial charge in [0.2, 0.25) is 0 Å². The van der Waals surface area contributed by atoms with Crippen LogP contribution in [0.2, 0.25) is 0 Å². The van der Waals surface area contributed by atoms with Gasteiger partial charge in [0.1, 0.15) is 0 Å². The van der Waals surface area contributed by atoms with E-state index in [4.69, 9.17) is 15.2 Å². The Balaban J connectivity index is 2.61. The normalized spacial score (nSPS) is 29.4. The number of hydrogen-bond donors (Lipinski definition) is 2. The Hall–Kier alpha value is -0.160. The summed E-state index contributed by atoms with van der Waals surface area (Å²) in [5, 5.41) is 10.2. The molecule has 4 heteroatoms. The minimum atomic E-state index is -0.458. The standard InChI is InChI=1S/C11H23NO3/c1-10(2,14-3)6-9(13)11(7-12)4-5-15-8-11/h9,13H,4-8,12H2,1-3H3. The molecule has 0 bridgehead atoms. The van der Waals surface area contributed by atoms with E-state index < -0.39 is 6.10 Å². The van der Waals surface area contributed by atoms with Gasteiger partial charge in [-0.3, -0.25) is 0 Å². The van der Waals surface area contributed by atoms with Crippen LogP contribution in [0.5, 0.6) is 0 Å². The van der Waals surface area contributed by atoms with Gasteiger partial charge in [0.05, 0.1) is 18.3 Å². The van der Waals surface area contributed by atoms with Gasteiger partial charge in [0, 0.05) is 32.1 Å². The summed E-state index contributed by atoms with van der Waals surface area (Å²) in [5.74, 6) is 0. The molecule has 0 aromatic rings. The van der Waals surface area contributed by atoms with Gasteiger partial charge in [0.25, 0.3) is 0 Å². The fourth-order valence-corrected chi connectivity index (χ4v) is 1.95. The molecule has 4 nitrogen and oxygen atoms in total. The van der Waals surface area contributed by atoms with Crippen LogP contribution in [0.3, 0.4) is 0 Å². The molecule has 0 radical (unpaired) electrons. The molecule has 0 aromatic carbocycles. The zero-order valence-electron chi connectivity index (χ0n) is 9.95. The van der Waals surface area contributed by atoms with E-state index in [0.29, 0.717) is 26.2 Å². The number of aliphatic hydroxyl groups excluding tert-OH is 1. The molecular weight excluding hydrogens is 194 g/mol. The number of hydrogen-bond acceptors (Lipinski definition) is 4. The monoisotopic (exact) mass is 217 g/mol. The Labute approximate surface area is 91.7 Å². The largest absolute Gasteiger partial charge is 0.392 e. The van der Waals surface area contributed by atoms with Gasteiger partial charge >= 0.3 is 0 Å². The van der Waals surface area contributed by atoms with Crippen LogP contribution in [-0.2, 0) is 9.47 Å². The minimum Gasteiger partial charge on any atom is -0.392 e. The maximum absolute atomic E-state index is 10.2. The van der Waals surface area contributed by atoms with Crippen molar-refractivity contribution in [2.45, 2.75) is 38.4 Å². The lowest BCUT2D eigenvalue weighted by Crippen LogP contribution is -2.46. The van der Waals surface area contributed by atoms with Gasteiger partial charge in [-0.15, -0.1) is 0 Å². The zero-order valence-corrected chi connectivity index (χ0v) is 9.95. The average Bonchev–Trinajstić information content (AvgIpc) is 2.66. The fraction of sp³-hybridized carbons (Fsp3) is 1.00. The molecule has 3 N–H and O–H groups in total. The van der Waals surface area contributed by atoms with Crippen LogP contribution in [0.25, 0.3) is 0 Å². The highest BCUT2D eigenvalue weighted by Gasteiger charge is 2.42. The Morgan fingerprint density at radius 2 is 2.27 bits per heavy atom. The van der Waals surface area contributed by atoms with E-state index in [-0.39, 0.29) is 11.0 Å². The third kappa shape index (κ3) is 2.91. The highest BCUT2D eigenvalue weighted by atomic mass is 16.5. The van der Waals surface area contributed by atoms with Crippen molar-refractivity contribution in [1.82, 2.24) is 0 Å². The molecule has 0 saturated carbocycles. The number of aliphatic hydroxyl groups is 1. The quantitative estimate of drug-likeness (QED) is 0.705. The molecule has 90 valence electrons. The van der Waals surface area contributed by atoms with Gasteiger partial charge in [0.15, 0.2) is 0 Å². The molecule has 2 atom stereocenters. The van der Waals surface area contributed by atoms with E-state index in [1.807, 2.05) is 13.8 Å². The number of methoxy groups -OCH3 is 1. The summed E-state index contributed by atoms with van der Waals surface area (Å²) in [6, 6.07) is 0. The highest BCUT2D eigenvalue weighted by Crippen LogP contribution is 2.35. The Morgan fingerprint density at radius 1 is 1.60 bits per heavy atom. The van der Waals surface area contributed by atoms with Crippen LogP contribution in [0.15, 0.2) is 0 Å². The number of rotatable bonds is 5. The van der Waals surface area contributed by atoms with Crippen LogP contribution in [0.1, 0.15) is 26.7 Å². The number of ether oxygens (including phenoxy) is 2. The summed E-state index contributed by atoms with van der Waals surface area (Å²) >= 11 is 0. The first-order valence-corrected chi connectivity index (χ1v) is 5.47. The first kappa shape index (κ1) is 12.9. The summed E-state index contributed by atoms with van der Waals surface area (Å²) in [5.41, 5.74) is 5.17. The van der Waals surface area contributed by atoms with Gasteiger partial charge < -0.3 is 20.3 Å². The second-order valence-corrected chi connectivity index (χ2v) is 5.05. The van der Waals surface area contributed by atoms with Crippen molar-refractivity contribution >= 4 is 0 Å². The Kier molecular flexibility index (Phi) is 4.12. The second kappa shape index (κ2) is 4.78. The molecule has 1 aliphatic heterocycles. The molecule has 2 unspecified atom stereocenters. The van der Waals surface area contributed by atoms with Gasteiger partial charge in [-0.05, 0) is 20.3 Å². The lowest BCUT2D eigenvalue weighted by atomic mass is 9.77. The first-order valence-electron chi connectivity index (χ1n) is 5.47. The van der Waals surface area contributed by atoms with E-state index in [9.17, 15) is 5.11 Å². The van der Waals surface area contributed by atoms with Crippen molar-refractivity contribution in [2.24, 2.45) is 11.1 Å². The van der Waals surface area contributed by atoms with Gasteiger partial charge in [-0.2, -0.15) is 0 Å². The molecule has 15 heavy (non-hydrogen) atoms. The molecule has 0 spiro atoms. The van der Waals surface area contributed by atoms with E-state index in [1.165, 1.54) is 0 Å². The highest BCUT2D eigenvalue weighted by molar-refractivity contribution is 4.93. The van der Waals surface area contributed by atoms with Crippen molar-refractivity contribution in [3.8, 4) is 0 Å². The molecule has 0 aliphatic carbocycles. The molecule has 0 amide bonds. The summed E-state index contributed by atoms with van der Waals surface area (Å²) in [6.07, 6.45) is 0.967. The molecular formula is C11H23NO3. The van der Waals surface area contributed by atoms with Crippen molar-refractivity contribution in [3.05, 3.63) is 0 Å². The van der Waals surface area contributed by atoms with E-state index in [0.717, 1.165) is 6.42 Å². The topological polar surface area (TPSA) is 64.7 Å². The van der Waals surface area contributed by atoms with Crippen molar-refractivity contribution in [2.75, 3.05) is 26.9 Å². The summed E-state index contributed by atoms with van der Waals surface area (Å²) in [7, 11) is 1.66. The van der Waals surface area contributed by atoms with Gasteiger partial charge in [-0.25, -0.2) is 0 Å². The minimum absolute atomic E-state index is 0.268. The van der Waals surface area contributed by atoms with Gasteiger partial charge in [-0.1, -0.05) is 0 Å². The summed E-state index contributed by atoms with van der Waals surface area (Å²) < 4.78 is 10.7. The van der Waals surface area contributed by atoms with Crippen molar-refractivity contribution in [1.29, 1.82) is 0 Å². The smallest absolute Gasteiger partial charge is 0.0658 e. The van der Waals surface area contributed by atoms with Crippen LogP contribution in [-0.4, -0.2) is 43.7 Å². The third-order valence-corrected chi connectivity index (χ3v) is 3.48. The lowest BCUT2D eigenvalue weighted by molar-refractivity contribution is -0.0610. The summed E-state index contributed by atoms with van der Waals surface area (Å²) in [4.78, 5) is 0. The van der Waals surface area contributed by atoms with E-state index in [2.05, 4.69) is 0 Å². The van der Waals surface area contributed by atoms with Crippen molar-refractivity contribution in [3.63, 3.8) is 0 Å². The maximum Gasteiger partial charge on any atom is 0.0658 e. The lowest BCUT2D eigenvalue weighted by Gasteiger charge is -2.36. The molecule has 1 aliphatic rings. The molecule has 1 rings (SSSR count). The van der Waals surface area contributed by atoms with Crippen LogP contribution < -0.4 is 5.73 Å². The molecule has 1 fully saturated rings. The number of nitrogens with two attached hydrogens (primary N) is 1. The molecule has 0 aromatic heterocycles. The van der Waals surface area contributed by atoms with Crippen LogP contribution >= 0.6 is 0 Å². The second-order valence-electron chi connectivity index (χ2n) is 5.05. The predicted octanol–water partition coefficient (Wildman–Crippen LogP) is 0.528.